The number of hydrogen-bond donors (Lipinski definition) is 5. The van der Waals surface area contributed by atoms with Gasteiger partial charge in [-0.15, -0.1) is 0 Å². The van der Waals surface area contributed by atoms with E-state index in [-0.39, 0.29) is 18.6 Å². The van der Waals surface area contributed by atoms with E-state index < -0.39 is 29.7 Å². The molecule has 1 unspecified atom stereocenters. The van der Waals surface area contributed by atoms with Crippen molar-refractivity contribution in [1.29, 1.82) is 0 Å². The van der Waals surface area contributed by atoms with Crippen LogP contribution < -0.4 is 10.8 Å². The second kappa shape index (κ2) is 7.99. The van der Waals surface area contributed by atoms with Crippen molar-refractivity contribution < 1.29 is 29.8 Å². The number of phenolic OH excluding ortho intramolecular Hbond substituents is 1. The summed E-state index contributed by atoms with van der Waals surface area (Å²) >= 11 is 0. The molecule has 1 aromatic carbocycles. The molecule has 1 rings (SSSR count). The van der Waals surface area contributed by atoms with Crippen LogP contribution in [0.5, 0.6) is 5.75 Å². The van der Waals surface area contributed by atoms with Crippen LogP contribution in [0.3, 0.4) is 0 Å². The number of aromatic hydroxyl groups is 1. The van der Waals surface area contributed by atoms with E-state index in [1.165, 1.54) is 24.5 Å². The standard InChI is InChI=1S/C14H18N2O6/c1-8(6-12(18)16-22)13(19)15-11(14(20)21)7-9-2-4-10(17)5-3-9/h2-5,8,11,17,22H,6-7H2,1H3,(H,15,19)(H,16,18)(H,20,21)/t8?,11-/m0/s1. The molecule has 0 heterocycles. The summed E-state index contributed by atoms with van der Waals surface area (Å²) in [5.41, 5.74) is 2.04. The van der Waals surface area contributed by atoms with Crippen LogP contribution in [-0.4, -0.2) is 39.2 Å². The maximum Gasteiger partial charge on any atom is 0.326 e. The minimum atomic E-state index is -1.21. The van der Waals surface area contributed by atoms with Gasteiger partial charge in [0.15, 0.2) is 0 Å². The maximum absolute atomic E-state index is 11.9. The molecule has 0 aliphatic carbocycles. The molecule has 0 bridgehead atoms. The Morgan fingerprint density at radius 1 is 1.18 bits per heavy atom. The molecule has 0 saturated carbocycles. The number of amides is 2. The summed E-state index contributed by atoms with van der Waals surface area (Å²) in [6.45, 7) is 1.45. The molecule has 0 aliphatic heterocycles. The monoisotopic (exact) mass is 310 g/mol. The lowest BCUT2D eigenvalue weighted by Crippen LogP contribution is -2.45. The van der Waals surface area contributed by atoms with Gasteiger partial charge in [0.05, 0.1) is 0 Å². The Hall–Kier alpha value is -2.61. The summed E-state index contributed by atoms with van der Waals surface area (Å²) < 4.78 is 0. The predicted octanol–water partition coefficient (Wildman–Crippen LogP) is 0.0357. The minimum absolute atomic E-state index is 0.0419. The second-order valence-corrected chi connectivity index (χ2v) is 4.91. The molecule has 0 radical (unpaired) electrons. The van der Waals surface area contributed by atoms with E-state index in [4.69, 9.17) is 10.3 Å². The molecule has 5 N–H and O–H groups in total. The van der Waals surface area contributed by atoms with Crippen molar-refractivity contribution in [2.75, 3.05) is 0 Å². The predicted molar refractivity (Wildman–Crippen MR) is 75.1 cm³/mol. The first-order chi connectivity index (χ1) is 10.3. The zero-order chi connectivity index (χ0) is 16.7. The third kappa shape index (κ3) is 5.41. The van der Waals surface area contributed by atoms with E-state index in [0.29, 0.717) is 5.56 Å². The highest BCUT2D eigenvalue weighted by Gasteiger charge is 2.24. The van der Waals surface area contributed by atoms with Crippen LogP contribution in [0.4, 0.5) is 0 Å². The number of benzene rings is 1. The molecule has 0 saturated heterocycles. The lowest BCUT2D eigenvalue weighted by Gasteiger charge is -2.17. The Balaban J connectivity index is 2.67. The Morgan fingerprint density at radius 3 is 2.27 bits per heavy atom. The SMILES string of the molecule is CC(CC(=O)NO)C(=O)N[C@@H](Cc1ccc(O)cc1)C(=O)O. The fourth-order valence-corrected chi connectivity index (χ4v) is 1.80. The number of hydrogen-bond acceptors (Lipinski definition) is 5. The van der Waals surface area contributed by atoms with E-state index in [1.807, 2.05) is 0 Å². The smallest absolute Gasteiger partial charge is 0.326 e. The largest absolute Gasteiger partial charge is 0.508 e. The number of phenols is 1. The summed E-state index contributed by atoms with van der Waals surface area (Å²) in [5.74, 6) is -3.26. The molecule has 2 amide bonds. The molecule has 8 heteroatoms. The molecule has 0 aliphatic rings. The highest BCUT2D eigenvalue weighted by atomic mass is 16.5. The van der Waals surface area contributed by atoms with Gasteiger partial charge < -0.3 is 15.5 Å². The molecule has 2 atom stereocenters. The van der Waals surface area contributed by atoms with Crippen LogP contribution in [-0.2, 0) is 20.8 Å². The minimum Gasteiger partial charge on any atom is -0.508 e. The van der Waals surface area contributed by atoms with Gasteiger partial charge in [0.25, 0.3) is 0 Å². The van der Waals surface area contributed by atoms with Gasteiger partial charge >= 0.3 is 5.97 Å². The highest BCUT2D eigenvalue weighted by Crippen LogP contribution is 2.12. The van der Waals surface area contributed by atoms with Crippen molar-refractivity contribution in [2.24, 2.45) is 5.92 Å². The van der Waals surface area contributed by atoms with Crippen LogP contribution in [0, 0.1) is 5.92 Å². The van der Waals surface area contributed by atoms with Gasteiger partial charge in [-0.2, -0.15) is 0 Å². The third-order valence-corrected chi connectivity index (χ3v) is 3.05. The summed E-state index contributed by atoms with van der Waals surface area (Å²) in [6.07, 6.45) is -0.214. The summed E-state index contributed by atoms with van der Waals surface area (Å²) in [7, 11) is 0. The van der Waals surface area contributed by atoms with E-state index >= 15 is 0 Å². The Kier molecular flexibility index (Phi) is 6.33. The average Bonchev–Trinajstić information content (AvgIpc) is 2.48. The molecular weight excluding hydrogens is 292 g/mol. The van der Waals surface area contributed by atoms with Crippen LogP contribution in [0.1, 0.15) is 18.9 Å². The maximum atomic E-state index is 11.9. The topological polar surface area (TPSA) is 136 Å². The number of carboxylic acids is 1. The number of nitrogens with one attached hydrogen (secondary N) is 2. The number of carbonyl (C=O) groups excluding carboxylic acids is 2. The zero-order valence-electron chi connectivity index (χ0n) is 11.9. The molecule has 22 heavy (non-hydrogen) atoms. The summed E-state index contributed by atoms with van der Waals surface area (Å²) in [5, 5.41) is 29.1. The van der Waals surface area contributed by atoms with Gasteiger partial charge in [0, 0.05) is 18.8 Å². The first-order valence-corrected chi connectivity index (χ1v) is 6.57. The second-order valence-electron chi connectivity index (χ2n) is 4.91. The first kappa shape index (κ1) is 17.4. The van der Waals surface area contributed by atoms with E-state index in [2.05, 4.69) is 5.32 Å². The fraction of sp³-hybridized carbons (Fsp3) is 0.357. The molecule has 0 spiro atoms. The van der Waals surface area contributed by atoms with Gasteiger partial charge in [0.2, 0.25) is 11.8 Å². The Bertz CT molecular complexity index is 543. The Labute approximate surface area is 126 Å². The van der Waals surface area contributed by atoms with Gasteiger partial charge in [-0.25, -0.2) is 10.3 Å². The average molecular weight is 310 g/mol. The number of carboxylic acid groups (broad SMARTS) is 1. The van der Waals surface area contributed by atoms with Gasteiger partial charge in [0.1, 0.15) is 11.8 Å². The van der Waals surface area contributed by atoms with Gasteiger partial charge in [-0.3, -0.25) is 14.8 Å². The Morgan fingerprint density at radius 2 is 1.77 bits per heavy atom. The number of aliphatic carboxylic acids is 1. The lowest BCUT2D eigenvalue weighted by molar-refractivity contribution is -0.142. The summed E-state index contributed by atoms with van der Waals surface area (Å²) in [4.78, 5) is 34.1. The van der Waals surface area contributed by atoms with Crippen molar-refractivity contribution in [2.45, 2.75) is 25.8 Å². The first-order valence-electron chi connectivity index (χ1n) is 6.57. The van der Waals surface area contributed by atoms with Crippen LogP contribution >= 0.6 is 0 Å². The molecule has 1 aromatic rings. The van der Waals surface area contributed by atoms with Crippen molar-refractivity contribution in [3.8, 4) is 5.75 Å². The van der Waals surface area contributed by atoms with Crippen molar-refractivity contribution in [3.05, 3.63) is 29.8 Å². The molecule has 120 valence electrons. The molecule has 0 fully saturated rings. The quantitative estimate of drug-likeness (QED) is 0.356. The van der Waals surface area contributed by atoms with Crippen LogP contribution in [0.2, 0.25) is 0 Å². The highest BCUT2D eigenvalue weighted by molar-refractivity contribution is 5.88. The van der Waals surface area contributed by atoms with Crippen molar-refractivity contribution in [1.82, 2.24) is 10.8 Å². The molecule has 8 nitrogen and oxygen atoms in total. The molecular formula is C14H18N2O6. The lowest BCUT2D eigenvalue weighted by atomic mass is 10.0. The van der Waals surface area contributed by atoms with Crippen molar-refractivity contribution in [3.63, 3.8) is 0 Å². The van der Waals surface area contributed by atoms with Crippen molar-refractivity contribution >= 4 is 17.8 Å². The third-order valence-electron chi connectivity index (χ3n) is 3.05. The summed E-state index contributed by atoms with van der Waals surface area (Å²) in [6, 6.07) is 4.80. The van der Waals surface area contributed by atoms with E-state index in [0.717, 1.165) is 0 Å². The zero-order valence-corrected chi connectivity index (χ0v) is 11.9. The molecule has 0 aromatic heterocycles. The number of carbonyl (C=O) groups is 3. The van der Waals surface area contributed by atoms with Crippen LogP contribution in [0.15, 0.2) is 24.3 Å². The van der Waals surface area contributed by atoms with Gasteiger partial charge in [-0.1, -0.05) is 19.1 Å². The van der Waals surface area contributed by atoms with E-state index in [9.17, 15) is 19.5 Å². The fourth-order valence-electron chi connectivity index (χ4n) is 1.80. The van der Waals surface area contributed by atoms with Crippen LogP contribution in [0.25, 0.3) is 0 Å². The van der Waals surface area contributed by atoms with Gasteiger partial charge in [-0.05, 0) is 17.7 Å². The van der Waals surface area contributed by atoms with E-state index in [1.54, 1.807) is 12.1 Å². The number of hydroxylamine groups is 1. The number of rotatable bonds is 7. The normalized spacial score (nSPS) is 13.0.